The zero-order chi connectivity index (χ0) is 32.2. The molecule has 0 spiro atoms. The predicted molar refractivity (Wildman–Crippen MR) is 157 cm³/mol. The number of H-pyrrole nitrogens is 1. The molecule has 14 heteroatoms. The number of nitrogens with one attached hydrogen (secondary N) is 2. The van der Waals surface area contributed by atoms with E-state index in [1.807, 2.05) is 0 Å². The summed E-state index contributed by atoms with van der Waals surface area (Å²) < 4.78 is 54.0. The van der Waals surface area contributed by atoms with Gasteiger partial charge in [-0.3, -0.25) is 10.2 Å². The van der Waals surface area contributed by atoms with Gasteiger partial charge in [-0.1, -0.05) is 18.2 Å². The van der Waals surface area contributed by atoms with E-state index in [-0.39, 0.29) is 40.8 Å². The van der Waals surface area contributed by atoms with Crippen molar-refractivity contribution < 1.29 is 42.7 Å². The number of aromatic nitrogens is 3. The number of carboxylic acid groups (broad SMARTS) is 1. The molecule has 0 atom stereocenters. The van der Waals surface area contributed by atoms with Crippen LogP contribution in [0.1, 0.15) is 16.8 Å². The number of ether oxygens (including phenoxy) is 4. The van der Waals surface area contributed by atoms with E-state index in [0.29, 0.717) is 17.0 Å². The number of benzene rings is 3. The summed E-state index contributed by atoms with van der Waals surface area (Å²) in [6.45, 7) is 1.81. The summed E-state index contributed by atoms with van der Waals surface area (Å²) in [4.78, 5) is 22.4. The zero-order valence-corrected chi connectivity index (χ0v) is 23.7. The molecule has 5 aromatic rings. The number of nitrogen functional groups attached to an aromatic ring is 1. The van der Waals surface area contributed by atoms with Crippen molar-refractivity contribution in [3.63, 3.8) is 0 Å². The van der Waals surface area contributed by atoms with Gasteiger partial charge in [0.2, 0.25) is 17.4 Å². The van der Waals surface area contributed by atoms with Crippen molar-refractivity contribution in [2.75, 3.05) is 7.11 Å². The van der Waals surface area contributed by atoms with Gasteiger partial charge in [-0.15, -0.1) is 0 Å². The number of nitrogens with zero attached hydrogens (tertiary/aromatic N) is 2. The molecule has 0 fully saturated rings. The molecule has 5 rings (SSSR count). The number of phenols is 1. The first-order valence-electron chi connectivity index (χ1n) is 13.1. The molecule has 0 radical (unpaired) electrons. The van der Waals surface area contributed by atoms with Crippen LogP contribution in [-0.2, 0) is 11.2 Å². The highest BCUT2D eigenvalue weighted by atomic mass is 19.1. The number of hydrogen-bond donors (Lipinski definition) is 5. The van der Waals surface area contributed by atoms with Gasteiger partial charge in [0.15, 0.2) is 23.0 Å². The smallest absolute Gasteiger partial charge is 0.307 e. The van der Waals surface area contributed by atoms with Crippen LogP contribution in [0.4, 0.5) is 8.78 Å². The first kappa shape index (κ1) is 30.3. The summed E-state index contributed by atoms with van der Waals surface area (Å²) in [5.74, 6) is -7.15. The molecule has 3 aromatic carbocycles. The van der Waals surface area contributed by atoms with Gasteiger partial charge in [-0.05, 0) is 55.0 Å². The molecule has 0 unspecified atom stereocenters. The lowest BCUT2D eigenvalue weighted by Gasteiger charge is -2.17. The first-order valence-corrected chi connectivity index (χ1v) is 13.1. The largest absolute Gasteiger partial charge is 0.504 e. The number of pyridine rings is 1. The van der Waals surface area contributed by atoms with Crippen molar-refractivity contribution in [1.29, 1.82) is 5.41 Å². The Labute approximate surface area is 254 Å². The standard InChI is InChI=1S/C31H25F2N5O7/c1-15-14-36-29(37-15)18-4-3-5-19(12-18)43-30-25(32)27(44-21-9-6-16(11-24(40)41)10-23(21)42-2)26(33)31(38-30)45-22-13-17(28(34)35)7-8-20(22)39/h3-10,12-14,39H,11H2,1-2H3,(H3,34,35)(H,36,37)(H,40,41). The number of aryl methyl sites for hydroxylation is 1. The topological polar surface area (TPSA) is 186 Å². The molecule has 12 nitrogen and oxygen atoms in total. The normalized spacial score (nSPS) is 10.8. The Morgan fingerprint density at radius 1 is 0.956 bits per heavy atom. The third kappa shape index (κ3) is 6.74. The highest BCUT2D eigenvalue weighted by molar-refractivity contribution is 5.95. The maximum atomic E-state index is 15.9. The lowest BCUT2D eigenvalue weighted by atomic mass is 10.1. The van der Waals surface area contributed by atoms with Crippen LogP contribution in [0.15, 0.2) is 66.9 Å². The fourth-order valence-electron chi connectivity index (χ4n) is 4.14. The molecule has 0 saturated carbocycles. The van der Waals surface area contributed by atoms with Crippen LogP contribution < -0.4 is 24.7 Å². The van der Waals surface area contributed by atoms with Gasteiger partial charge in [0.1, 0.15) is 17.4 Å². The summed E-state index contributed by atoms with van der Waals surface area (Å²) in [6.07, 6.45) is 1.38. The summed E-state index contributed by atoms with van der Waals surface area (Å²) >= 11 is 0. The Kier molecular flexibility index (Phi) is 8.47. The molecule has 6 N–H and O–H groups in total. The van der Waals surface area contributed by atoms with Crippen LogP contribution in [0.5, 0.6) is 46.3 Å². The average molecular weight is 618 g/mol. The van der Waals surface area contributed by atoms with Crippen LogP contribution in [-0.4, -0.2) is 44.1 Å². The van der Waals surface area contributed by atoms with Crippen molar-refractivity contribution in [2.24, 2.45) is 5.73 Å². The van der Waals surface area contributed by atoms with E-state index in [2.05, 4.69) is 15.0 Å². The number of amidine groups is 1. The minimum absolute atomic E-state index is 0.0115. The predicted octanol–water partition coefficient (Wildman–Crippen LogP) is 6.06. The van der Waals surface area contributed by atoms with E-state index < -0.39 is 40.9 Å². The van der Waals surface area contributed by atoms with Crippen molar-refractivity contribution in [3.8, 4) is 57.6 Å². The molecule has 0 aliphatic carbocycles. The minimum Gasteiger partial charge on any atom is -0.504 e. The molecule has 0 amide bonds. The number of rotatable bonds is 11. The lowest BCUT2D eigenvalue weighted by molar-refractivity contribution is -0.136. The van der Waals surface area contributed by atoms with E-state index in [1.54, 1.807) is 31.3 Å². The van der Waals surface area contributed by atoms with Crippen molar-refractivity contribution in [1.82, 2.24) is 15.0 Å². The third-order valence-electron chi connectivity index (χ3n) is 6.28. The molecule has 0 saturated heterocycles. The van der Waals surface area contributed by atoms with Crippen LogP contribution in [0.2, 0.25) is 0 Å². The number of phenolic OH excluding ortho intramolecular Hbond substituents is 1. The summed E-state index contributed by atoms with van der Waals surface area (Å²) in [6, 6.07) is 14.2. The van der Waals surface area contributed by atoms with Gasteiger partial charge >= 0.3 is 5.97 Å². The zero-order valence-electron chi connectivity index (χ0n) is 23.7. The first-order chi connectivity index (χ1) is 21.5. The minimum atomic E-state index is -1.41. The fourth-order valence-corrected chi connectivity index (χ4v) is 4.14. The van der Waals surface area contributed by atoms with Gasteiger partial charge in [0.25, 0.3) is 11.8 Å². The van der Waals surface area contributed by atoms with Gasteiger partial charge in [0.05, 0.1) is 19.2 Å². The molecule has 2 aromatic heterocycles. The van der Waals surface area contributed by atoms with Gasteiger partial charge in [-0.2, -0.15) is 13.8 Å². The number of imidazole rings is 1. The molecule has 0 aliphatic rings. The van der Waals surface area contributed by atoms with Crippen LogP contribution in [0.25, 0.3) is 11.4 Å². The van der Waals surface area contributed by atoms with Gasteiger partial charge in [-0.25, -0.2) is 4.98 Å². The monoisotopic (exact) mass is 617 g/mol. The van der Waals surface area contributed by atoms with E-state index in [9.17, 15) is 9.90 Å². The molecule has 230 valence electrons. The average Bonchev–Trinajstić information content (AvgIpc) is 3.45. The lowest BCUT2D eigenvalue weighted by Crippen LogP contribution is -2.11. The van der Waals surface area contributed by atoms with Crippen LogP contribution in [0.3, 0.4) is 0 Å². The molecular weight excluding hydrogens is 592 g/mol. The van der Waals surface area contributed by atoms with E-state index in [0.717, 1.165) is 5.69 Å². The number of carboxylic acids is 1. The number of aromatic hydroxyl groups is 1. The Morgan fingerprint density at radius 3 is 2.38 bits per heavy atom. The molecule has 0 bridgehead atoms. The van der Waals surface area contributed by atoms with Gasteiger partial charge in [0, 0.05) is 17.3 Å². The van der Waals surface area contributed by atoms with Crippen LogP contribution in [0, 0.1) is 24.0 Å². The third-order valence-corrected chi connectivity index (χ3v) is 6.28. The Bertz CT molecular complexity index is 1930. The maximum absolute atomic E-state index is 15.9. The number of carbonyl (C=O) groups is 1. The molecule has 2 heterocycles. The Hall–Kier alpha value is -6.18. The number of halogens is 2. The van der Waals surface area contributed by atoms with Gasteiger partial charge < -0.3 is 39.9 Å². The molecule has 0 aliphatic heterocycles. The highest BCUT2D eigenvalue weighted by Gasteiger charge is 2.27. The van der Waals surface area contributed by atoms with E-state index >= 15 is 8.78 Å². The van der Waals surface area contributed by atoms with E-state index in [4.69, 9.17) is 35.2 Å². The number of nitrogens with two attached hydrogens (primary N) is 1. The molecule has 45 heavy (non-hydrogen) atoms. The Morgan fingerprint density at radius 2 is 1.71 bits per heavy atom. The van der Waals surface area contributed by atoms with Crippen molar-refractivity contribution >= 4 is 11.8 Å². The highest BCUT2D eigenvalue weighted by Crippen LogP contribution is 2.43. The number of aliphatic carboxylic acids is 1. The number of methoxy groups -OCH3 is 1. The van der Waals surface area contributed by atoms with Crippen LogP contribution >= 0.6 is 0 Å². The summed E-state index contributed by atoms with van der Waals surface area (Å²) in [5, 5.41) is 27.1. The maximum Gasteiger partial charge on any atom is 0.307 e. The fraction of sp³-hybridized carbons (Fsp3) is 0.0968. The number of aromatic amines is 1. The van der Waals surface area contributed by atoms with E-state index in [1.165, 1.54) is 49.6 Å². The Balaban J connectivity index is 1.59. The summed E-state index contributed by atoms with van der Waals surface area (Å²) in [5.41, 5.74) is 7.38. The number of hydrogen-bond acceptors (Lipinski definition) is 9. The summed E-state index contributed by atoms with van der Waals surface area (Å²) in [7, 11) is 1.27. The van der Waals surface area contributed by atoms with Crippen molar-refractivity contribution in [3.05, 3.63) is 95.3 Å². The quantitative estimate of drug-likeness (QED) is 0.0861. The second-order valence-corrected chi connectivity index (χ2v) is 9.56. The second kappa shape index (κ2) is 12.6. The second-order valence-electron chi connectivity index (χ2n) is 9.56. The molecular formula is C31H25F2N5O7. The SMILES string of the molecule is COc1cc(CC(=O)O)ccc1Oc1c(F)c(Oc2cccc(-c3nc(C)c[nH]3)c2)nc(Oc2cc(C(=N)N)ccc2O)c1F. The van der Waals surface area contributed by atoms with Crippen molar-refractivity contribution in [2.45, 2.75) is 13.3 Å².